The smallest absolute Gasteiger partial charge is 0.0340 e. The van der Waals surface area contributed by atoms with Gasteiger partial charge in [-0.2, -0.15) is 0 Å². The molecular formula is C12H18BrN. The molecule has 0 heterocycles. The maximum Gasteiger partial charge on any atom is 0.0340 e. The van der Waals surface area contributed by atoms with Gasteiger partial charge in [-0.3, -0.25) is 0 Å². The number of benzene rings is 1. The third kappa shape index (κ3) is 4.66. The highest BCUT2D eigenvalue weighted by atomic mass is 79.9. The second-order valence-corrected chi connectivity index (χ2v) is 5.66. The van der Waals surface area contributed by atoms with Gasteiger partial charge in [-0.1, -0.05) is 36.7 Å². The number of halogens is 1. The van der Waals surface area contributed by atoms with Crippen molar-refractivity contribution in [1.82, 2.24) is 0 Å². The summed E-state index contributed by atoms with van der Waals surface area (Å²) in [6.45, 7) is 7.81. The molecule has 0 aliphatic carbocycles. The lowest BCUT2D eigenvalue weighted by Crippen LogP contribution is -2.12. The van der Waals surface area contributed by atoms with E-state index in [1.165, 1.54) is 12.1 Å². The zero-order valence-corrected chi connectivity index (χ0v) is 10.7. The van der Waals surface area contributed by atoms with Crippen LogP contribution in [0.3, 0.4) is 0 Å². The van der Waals surface area contributed by atoms with Gasteiger partial charge in [0.05, 0.1) is 0 Å². The Bertz CT molecular complexity index is 271. The Balaban J connectivity index is 2.35. The molecule has 0 unspecified atom stereocenters. The number of nitrogens with one attached hydrogen (secondary N) is 1. The van der Waals surface area contributed by atoms with Crippen LogP contribution in [0.2, 0.25) is 0 Å². The highest BCUT2D eigenvalue weighted by Gasteiger charge is 2.08. The van der Waals surface area contributed by atoms with Gasteiger partial charge >= 0.3 is 0 Å². The highest BCUT2D eigenvalue weighted by Crippen LogP contribution is 2.19. The molecule has 1 aromatic rings. The lowest BCUT2D eigenvalue weighted by atomic mass is 9.92. The van der Waals surface area contributed by atoms with Crippen LogP contribution in [0.15, 0.2) is 28.7 Å². The first-order valence-corrected chi connectivity index (χ1v) is 5.76. The first-order valence-electron chi connectivity index (χ1n) is 4.97. The van der Waals surface area contributed by atoms with E-state index in [4.69, 9.17) is 0 Å². The van der Waals surface area contributed by atoms with Crippen LogP contribution in [0.1, 0.15) is 27.2 Å². The van der Waals surface area contributed by atoms with E-state index in [-0.39, 0.29) is 0 Å². The maximum absolute atomic E-state index is 3.42. The van der Waals surface area contributed by atoms with Crippen LogP contribution in [0, 0.1) is 5.41 Å². The lowest BCUT2D eigenvalue weighted by molar-refractivity contribution is 0.390. The van der Waals surface area contributed by atoms with Crippen molar-refractivity contribution >= 4 is 21.6 Å². The minimum absolute atomic E-state index is 0.405. The van der Waals surface area contributed by atoms with E-state index in [1.54, 1.807) is 0 Å². The van der Waals surface area contributed by atoms with E-state index >= 15 is 0 Å². The van der Waals surface area contributed by atoms with Crippen molar-refractivity contribution in [2.45, 2.75) is 27.2 Å². The Morgan fingerprint density at radius 2 is 1.71 bits per heavy atom. The number of rotatable bonds is 3. The van der Waals surface area contributed by atoms with E-state index in [2.05, 4.69) is 66.3 Å². The van der Waals surface area contributed by atoms with Crippen LogP contribution in [0.4, 0.5) is 5.69 Å². The fraction of sp³-hybridized carbons (Fsp3) is 0.500. The molecule has 0 saturated heterocycles. The molecule has 0 aliphatic rings. The average Bonchev–Trinajstić information content (AvgIpc) is 2.06. The summed E-state index contributed by atoms with van der Waals surface area (Å²) < 4.78 is 1.12. The van der Waals surface area contributed by atoms with Crippen molar-refractivity contribution in [3.8, 4) is 0 Å². The Morgan fingerprint density at radius 3 is 2.21 bits per heavy atom. The summed E-state index contributed by atoms with van der Waals surface area (Å²) in [5, 5.41) is 3.41. The van der Waals surface area contributed by atoms with E-state index in [0.717, 1.165) is 11.0 Å². The normalized spacial score (nSPS) is 11.4. The molecule has 0 saturated carbocycles. The molecule has 78 valence electrons. The van der Waals surface area contributed by atoms with Gasteiger partial charge in [0.1, 0.15) is 0 Å². The zero-order chi connectivity index (χ0) is 10.6. The van der Waals surface area contributed by atoms with Crippen molar-refractivity contribution in [1.29, 1.82) is 0 Å². The molecule has 0 spiro atoms. The number of anilines is 1. The van der Waals surface area contributed by atoms with Gasteiger partial charge in [0.15, 0.2) is 0 Å². The minimum atomic E-state index is 0.405. The van der Waals surface area contributed by atoms with Crippen LogP contribution < -0.4 is 5.32 Å². The molecule has 14 heavy (non-hydrogen) atoms. The van der Waals surface area contributed by atoms with Gasteiger partial charge in [-0.05, 0) is 36.1 Å². The second kappa shape index (κ2) is 4.83. The molecule has 0 atom stereocenters. The molecule has 0 aliphatic heterocycles. The molecule has 2 heteroatoms. The Morgan fingerprint density at radius 1 is 1.14 bits per heavy atom. The van der Waals surface area contributed by atoms with E-state index in [9.17, 15) is 0 Å². The summed E-state index contributed by atoms with van der Waals surface area (Å²) in [6.07, 6.45) is 1.18. The predicted octanol–water partition coefficient (Wildman–Crippen LogP) is 4.30. The average molecular weight is 256 g/mol. The van der Waals surface area contributed by atoms with E-state index < -0.39 is 0 Å². The van der Waals surface area contributed by atoms with Crippen LogP contribution in [-0.2, 0) is 0 Å². The molecule has 1 rings (SSSR count). The molecule has 1 aromatic carbocycles. The van der Waals surface area contributed by atoms with Crippen molar-refractivity contribution in [2.24, 2.45) is 5.41 Å². The summed E-state index contributed by atoms with van der Waals surface area (Å²) in [4.78, 5) is 0. The fourth-order valence-electron chi connectivity index (χ4n) is 1.15. The van der Waals surface area contributed by atoms with Gasteiger partial charge in [0.25, 0.3) is 0 Å². The summed E-state index contributed by atoms with van der Waals surface area (Å²) in [5.74, 6) is 0. The van der Waals surface area contributed by atoms with Gasteiger partial charge < -0.3 is 5.32 Å². The Labute approximate surface area is 95.0 Å². The quantitative estimate of drug-likeness (QED) is 0.850. The third-order valence-electron chi connectivity index (χ3n) is 2.05. The van der Waals surface area contributed by atoms with Crippen molar-refractivity contribution in [2.75, 3.05) is 11.9 Å². The molecule has 0 fully saturated rings. The minimum Gasteiger partial charge on any atom is -0.385 e. The van der Waals surface area contributed by atoms with Gasteiger partial charge in [-0.25, -0.2) is 0 Å². The molecular weight excluding hydrogens is 238 g/mol. The topological polar surface area (TPSA) is 12.0 Å². The molecule has 0 radical (unpaired) electrons. The standard InChI is InChI=1S/C12H18BrN/c1-12(2,3)8-9-14-11-6-4-10(13)5-7-11/h4-7,14H,8-9H2,1-3H3. The first kappa shape index (κ1) is 11.6. The van der Waals surface area contributed by atoms with Crippen LogP contribution >= 0.6 is 15.9 Å². The first-order chi connectivity index (χ1) is 6.47. The van der Waals surface area contributed by atoms with Crippen molar-refractivity contribution in [3.63, 3.8) is 0 Å². The van der Waals surface area contributed by atoms with Crippen molar-refractivity contribution < 1.29 is 0 Å². The van der Waals surface area contributed by atoms with Crippen molar-refractivity contribution in [3.05, 3.63) is 28.7 Å². The predicted molar refractivity (Wildman–Crippen MR) is 66.7 cm³/mol. The largest absolute Gasteiger partial charge is 0.385 e. The molecule has 0 bridgehead atoms. The summed E-state index contributed by atoms with van der Waals surface area (Å²) in [7, 11) is 0. The van der Waals surface area contributed by atoms with Gasteiger partial charge in [0, 0.05) is 16.7 Å². The number of hydrogen-bond acceptors (Lipinski definition) is 1. The fourth-order valence-corrected chi connectivity index (χ4v) is 1.41. The monoisotopic (exact) mass is 255 g/mol. The Kier molecular flexibility index (Phi) is 3.99. The van der Waals surface area contributed by atoms with Crippen LogP contribution in [0.25, 0.3) is 0 Å². The van der Waals surface area contributed by atoms with Gasteiger partial charge in [0.2, 0.25) is 0 Å². The Hall–Kier alpha value is -0.500. The summed E-state index contributed by atoms with van der Waals surface area (Å²) in [5.41, 5.74) is 1.60. The second-order valence-electron chi connectivity index (χ2n) is 4.74. The van der Waals surface area contributed by atoms with E-state index in [1.807, 2.05) is 0 Å². The lowest BCUT2D eigenvalue weighted by Gasteiger charge is -2.18. The maximum atomic E-state index is 3.42. The zero-order valence-electron chi connectivity index (χ0n) is 9.10. The summed E-state index contributed by atoms with van der Waals surface area (Å²) in [6, 6.07) is 8.29. The molecule has 0 amide bonds. The van der Waals surface area contributed by atoms with Crippen LogP contribution in [0.5, 0.6) is 0 Å². The SMILES string of the molecule is CC(C)(C)CCNc1ccc(Br)cc1. The van der Waals surface area contributed by atoms with Crippen LogP contribution in [-0.4, -0.2) is 6.54 Å². The third-order valence-corrected chi connectivity index (χ3v) is 2.58. The van der Waals surface area contributed by atoms with E-state index in [0.29, 0.717) is 5.41 Å². The molecule has 1 N–H and O–H groups in total. The van der Waals surface area contributed by atoms with Gasteiger partial charge in [-0.15, -0.1) is 0 Å². The number of hydrogen-bond donors (Lipinski definition) is 1. The highest BCUT2D eigenvalue weighted by molar-refractivity contribution is 9.10. The summed E-state index contributed by atoms with van der Waals surface area (Å²) >= 11 is 3.42. The molecule has 1 nitrogen and oxygen atoms in total. The molecule has 0 aromatic heterocycles.